The number of carbonyl (C=O) groups is 1. The quantitative estimate of drug-likeness (QED) is 0.726. The average molecular weight is 356 g/mol. The summed E-state index contributed by atoms with van der Waals surface area (Å²) in [5.74, 6) is -0.262. The molecule has 2 atom stereocenters. The van der Waals surface area contributed by atoms with Gasteiger partial charge in [0.2, 0.25) is 0 Å². The minimum Gasteiger partial charge on any atom is -0.345 e. The smallest absolute Gasteiger partial charge is 0.271 e. The molecule has 3 aromatic rings. The zero-order chi connectivity index (χ0) is 18.8. The molecule has 1 fully saturated rings. The lowest BCUT2D eigenvalue weighted by Gasteiger charge is -2.25. The second-order valence-corrected chi connectivity index (χ2v) is 6.43. The molecule has 1 aromatic carbocycles. The van der Waals surface area contributed by atoms with Gasteiger partial charge in [-0.1, -0.05) is 18.2 Å². The SMILES string of the molecule is N#Cc1ccc([C@@H]2[C@H](NC(=O)c3cn4ccccc4n3)CCN2C#N)cc1. The Balaban J connectivity index is 1.58. The van der Waals surface area contributed by atoms with E-state index in [1.807, 2.05) is 36.5 Å². The number of benzene rings is 1. The molecule has 7 nitrogen and oxygen atoms in total. The van der Waals surface area contributed by atoms with Crippen LogP contribution in [-0.4, -0.2) is 32.8 Å². The molecule has 4 rings (SSSR count). The van der Waals surface area contributed by atoms with Crippen molar-refractivity contribution in [2.75, 3.05) is 6.54 Å². The first-order valence-corrected chi connectivity index (χ1v) is 8.60. The van der Waals surface area contributed by atoms with Gasteiger partial charge in [-0.2, -0.15) is 10.5 Å². The molecule has 132 valence electrons. The van der Waals surface area contributed by atoms with Gasteiger partial charge < -0.3 is 14.6 Å². The number of hydrogen-bond donors (Lipinski definition) is 1. The van der Waals surface area contributed by atoms with Gasteiger partial charge in [0, 0.05) is 18.9 Å². The van der Waals surface area contributed by atoms with Crippen LogP contribution in [0.25, 0.3) is 5.65 Å². The second kappa shape index (κ2) is 6.81. The van der Waals surface area contributed by atoms with E-state index in [9.17, 15) is 10.1 Å². The number of rotatable bonds is 3. The molecule has 1 aliphatic rings. The Hall–Kier alpha value is -3.84. The van der Waals surface area contributed by atoms with Crippen LogP contribution in [0.5, 0.6) is 0 Å². The topological polar surface area (TPSA) is 97.2 Å². The zero-order valence-corrected chi connectivity index (χ0v) is 14.4. The Labute approximate surface area is 156 Å². The molecule has 0 saturated carbocycles. The molecular weight excluding hydrogens is 340 g/mol. The molecule has 27 heavy (non-hydrogen) atoms. The van der Waals surface area contributed by atoms with Crippen LogP contribution < -0.4 is 5.32 Å². The van der Waals surface area contributed by atoms with Gasteiger partial charge in [0.05, 0.1) is 23.7 Å². The molecule has 1 saturated heterocycles. The normalized spacial score (nSPS) is 18.8. The number of nitrogens with one attached hydrogen (secondary N) is 1. The van der Waals surface area contributed by atoms with Gasteiger partial charge in [-0.25, -0.2) is 4.98 Å². The molecular formula is C20H16N6O. The molecule has 0 radical (unpaired) electrons. The van der Waals surface area contributed by atoms with Crippen molar-refractivity contribution < 1.29 is 4.79 Å². The van der Waals surface area contributed by atoms with E-state index >= 15 is 0 Å². The summed E-state index contributed by atoms with van der Waals surface area (Å²) in [6.07, 6.45) is 6.40. The van der Waals surface area contributed by atoms with Gasteiger partial charge in [0.25, 0.3) is 5.91 Å². The van der Waals surface area contributed by atoms with E-state index in [1.165, 1.54) is 0 Å². The summed E-state index contributed by atoms with van der Waals surface area (Å²) in [4.78, 5) is 18.7. The number of hydrogen-bond acceptors (Lipinski definition) is 5. The van der Waals surface area contributed by atoms with Crippen molar-refractivity contribution in [3.05, 3.63) is 71.7 Å². The highest BCUT2D eigenvalue weighted by Crippen LogP contribution is 2.32. The van der Waals surface area contributed by atoms with Gasteiger partial charge in [-0.15, -0.1) is 0 Å². The maximum atomic E-state index is 12.7. The highest BCUT2D eigenvalue weighted by Gasteiger charge is 2.36. The third-order valence-corrected chi connectivity index (χ3v) is 4.82. The lowest BCUT2D eigenvalue weighted by Crippen LogP contribution is -2.39. The van der Waals surface area contributed by atoms with Crippen LogP contribution >= 0.6 is 0 Å². The number of imidazole rings is 1. The number of likely N-dealkylation sites (tertiary alicyclic amines) is 1. The van der Waals surface area contributed by atoms with Crippen molar-refractivity contribution in [2.24, 2.45) is 0 Å². The molecule has 1 amide bonds. The largest absolute Gasteiger partial charge is 0.345 e. The number of nitriles is 2. The summed E-state index contributed by atoms with van der Waals surface area (Å²) in [6, 6.07) is 14.3. The van der Waals surface area contributed by atoms with Crippen LogP contribution in [0.2, 0.25) is 0 Å². The molecule has 3 heterocycles. The minimum atomic E-state index is -0.262. The number of carbonyl (C=O) groups excluding carboxylic acids is 1. The Morgan fingerprint density at radius 1 is 1.19 bits per heavy atom. The number of aromatic nitrogens is 2. The molecule has 2 aromatic heterocycles. The van der Waals surface area contributed by atoms with Crippen LogP contribution in [0.1, 0.15) is 34.1 Å². The van der Waals surface area contributed by atoms with E-state index in [2.05, 4.69) is 22.6 Å². The molecule has 0 aliphatic carbocycles. The van der Waals surface area contributed by atoms with E-state index in [4.69, 9.17) is 5.26 Å². The van der Waals surface area contributed by atoms with E-state index < -0.39 is 0 Å². The summed E-state index contributed by atoms with van der Waals surface area (Å²) in [5.41, 5.74) is 2.51. The average Bonchev–Trinajstić information content (AvgIpc) is 3.32. The fraction of sp³-hybridized carbons (Fsp3) is 0.200. The number of nitrogens with zero attached hydrogens (tertiary/aromatic N) is 5. The first-order chi connectivity index (χ1) is 13.2. The summed E-state index contributed by atoms with van der Waals surface area (Å²) >= 11 is 0. The van der Waals surface area contributed by atoms with Crippen LogP contribution in [-0.2, 0) is 0 Å². The van der Waals surface area contributed by atoms with Crippen LogP contribution in [0, 0.1) is 22.8 Å². The van der Waals surface area contributed by atoms with Crippen molar-refractivity contribution in [1.29, 1.82) is 10.5 Å². The Kier molecular flexibility index (Phi) is 4.19. The predicted octanol–water partition coefficient (Wildman–Crippen LogP) is 2.23. The maximum Gasteiger partial charge on any atom is 0.271 e. The third-order valence-electron chi connectivity index (χ3n) is 4.82. The lowest BCUT2D eigenvalue weighted by atomic mass is 9.99. The lowest BCUT2D eigenvalue weighted by molar-refractivity contribution is 0.0925. The summed E-state index contributed by atoms with van der Waals surface area (Å²) in [5, 5.41) is 21.5. The fourth-order valence-corrected chi connectivity index (χ4v) is 3.51. The molecule has 1 aliphatic heterocycles. The predicted molar refractivity (Wildman–Crippen MR) is 97.3 cm³/mol. The minimum absolute atomic E-state index is 0.213. The van der Waals surface area contributed by atoms with Crippen LogP contribution in [0.3, 0.4) is 0 Å². The number of pyridine rings is 1. The Morgan fingerprint density at radius 3 is 2.70 bits per heavy atom. The summed E-state index contributed by atoms with van der Waals surface area (Å²) in [6.45, 7) is 0.567. The summed E-state index contributed by atoms with van der Waals surface area (Å²) in [7, 11) is 0. The van der Waals surface area contributed by atoms with Crippen molar-refractivity contribution >= 4 is 11.6 Å². The van der Waals surface area contributed by atoms with E-state index in [1.54, 1.807) is 27.6 Å². The van der Waals surface area contributed by atoms with Gasteiger partial charge in [-0.05, 0) is 36.2 Å². The Bertz CT molecular complexity index is 1040. The standard InChI is InChI=1S/C20H16N6O/c21-11-14-4-6-15(7-5-14)19-16(8-10-26(19)13-22)24-20(27)17-12-25-9-2-1-3-18(25)23-17/h1-7,9,12,16,19H,8,10H2,(H,24,27)/t16-,19-/m1/s1. The molecule has 0 spiro atoms. The zero-order valence-electron chi connectivity index (χ0n) is 14.4. The van der Waals surface area contributed by atoms with E-state index in [0.29, 0.717) is 29.9 Å². The van der Waals surface area contributed by atoms with Crippen LogP contribution in [0.4, 0.5) is 0 Å². The van der Waals surface area contributed by atoms with Gasteiger partial charge in [-0.3, -0.25) is 4.79 Å². The van der Waals surface area contributed by atoms with Gasteiger partial charge in [0.15, 0.2) is 6.19 Å². The van der Waals surface area contributed by atoms with Crippen molar-refractivity contribution in [1.82, 2.24) is 19.6 Å². The van der Waals surface area contributed by atoms with Gasteiger partial charge >= 0.3 is 0 Å². The van der Waals surface area contributed by atoms with E-state index in [-0.39, 0.29) is 18.0 Å². The molecule has 7 heteroatoms. The van der Waals surface area contributed by atoms with E-state index in [0.717, 1.165) is 5.56 Å². The highest BCUT2D eigenvalue weighted by atomic mass is 16.2. The first-order valence-electron chi connectivity index (χ1n) is 8.60. The molecule has 0 bridgehead atoms. The van der Waals surface area contributed by atoms with Crippen LogP contribution in [0.15, 0.2) is 54.9 Å². The fourth-order valence-electron chi connectivity index (χ4n) is 3.51. The van der Waals surface area contributed by atoms with Gasteiger partial charge in [0.1, 0.15) is 11.3 Å². The molecule has 0 unspecified atom stereocenters. The molecule has 1 N–H and O–H groups in total. The Morgan fingerprint density at radius 2 is 2.00 bits per heavy atom. The first kappa shape index (κ1) is 16.6. The monoisotopic (exact) mass is 356 g/mol. The summed E-state index contributed by atoms with van der Waals surface area (Å²) < 4.78 is 1.79. The maximum absolute atomic E-state index is 12.7. The number of amides is 1. The second-order valence-electron chi connectivity index (χ2n) is 6.43. The highest BCUT2D eigenvalue weighted by molar-refractivity contribution is 5.93. The van der Waals surface area contributed by atoms with Crippen molar-refractivity contribution in [3.63, 3.8) is 0 Å². The van der Waals surface area contributed by atoms with Crippen molar-refractivity contribution in [2.45, 2.75) is 18.5 Å². The third kappa shape index (κ3) is 3.07. The van der Waals surface area contributed by atoms with Crippen molar-refractivity contribution in [3.8, 4) is 12.3 Å². The number of fused-ring (bicyclic) bond motifs is 1.